The summed E-state index contributed by atoms with van der Waals surface area (Å²) in [7, 11) is 0. The normalized spacial score (nSPS) is 19.2. The molecule has 1 aromatic heterocycles. The van der Waals surface area contributed by atoms with E-state index in [1.165, 1.54) is 18.0 Å². The van der Waals surface area contributed by atoms with Crippen LogP contribution in [0.5, 0.6) is 0 Å². The molecule has 0 aromatic carbocycles. The fourth-order valence-electron chi connectivity index (χ4n) is 1.29. The lowest BCUT2D eigenvalue weighted by Gasteiger charge is -2.16. The van der Waals surface area contributed by atoms with Gasteiger partial charge < -0.3 is 10.2 Å². The first-order chi connectivity index (χ1) is 5.97. The Bertz CT molecular complexity index is 216. The number of hydrogen-bond donors (Lipinski definition) is 1. The third-order valence-electron chi connectivity index (χ3n) is 1.90. The van der Waals surface area contributed by atoms with Gasteiger partial charge in [-0.25, -0.2) is 0 Å². The molecule has 1 saturated heterocycles. The van der Waals surface area contributed by atoms with Gasteiger partial charge >= 0.3 is 0 Å². The molecule has 0 amide bonds. The van der Waals surface area contributed by atoms with E-state index in [1.807, 2.05) is 0 Å². The zero-order chi connectivity index (χ0) is 8.23. The molecule has 0 aliphatic carbocycles. The second kappa shape index (κ2) is 3.77. The van der Waals surface area contributed by atoms with Crippen LogP contribution >= 0.6 is 11.5 Å². The number of anilines is 1. The molecule has 66 valence electrons. The number of nitrogens with one attached hydrogen (secondary N) is 1. The summed E-state index contributed by atoms with van der Waals surface area (Å²) in [6.45, 7) is 4.20. The second-order valence-corrected chi connectivity index (χ2v) is 3.45. The van der Waals surface area contributed by atoms with E-state index in [-0.39, 0.29) is 0 Å². The lowest BCUT2D eigenvalue weighted by atomic mass is 10.4. The van der Waals surface area contributed by atoms with Gasteiger partial charge in [0.1, 0.15) is 0 Å². The van der Waals surface area contributed by atoms with E-state index in [1.54, 1.807) is 0 Å². The van der Waals surface area contributed by atoms with Gasteiger partial charge in [-0.05, 0) is 18.2 Å². The Balaban J connectivity index is 2.02. The van der Waals surface area contributed by atoms with Crippen LogP contribution in [0.2, 0.25) is 0 Å². The summed E-state index contributed by atoms with van der Waals surface area (Å²) in [5.74, 6) is 0. The highest BCUT2D eigenvalue weighted by atomic mass is 32.1. The molecule has 12 heavy (non-hydrogen) atoms. The molecule has 0 radical (unpaired) electrons. The highest BCUT2D eigenvalue weighted by Crippen LogP contribution is 2.13. The monoisotopic (exact) mass is 185 g/mol. The average molecular weight is 185 g/mol. The standard InChI is InChI=1S/C6H11N5S/c1-2-7-3-5-11(4-1)6-8-9-10-12-6/h7H,1-5H2. The zero-order valence-corrected chi connectivity index (χ0v) is 7.55. The number of hydrogen-bond acceptors (Lipinski definition) is 6. The van der Waals surface area contributed by atoms with Gasteiger partial charge in [-0.15, -0.1) is 0 Å². The molecule has 5 nitrogen and oxygen atoms in total. The van der Waals surface area contributed by atoms with Crippen molar-refractivity contribution in [2.45, 2.75) is 6.42 Å². The van der Waals surface area contributed by atoms with Gasteiger partial charge in [-0.3, -0.25) is 0 Å². The first-order valence-corrected chi connectivity index (χ1v) is 4.85. The minimum Gasteiger partial charge on any atom is -0.344 e. The Morgan fingerprint density at radius 3 is 3.17 bits per heavy atom. The van der Waals surface area contributed by atoms with Crippen molar-refractivity contribution in [2.24, 2.45) is 0 Å². The zero-order valence-electron chi connectivity index (χ0n) is 6.73. The van der Waals surface area contributed by atoms with E-state index >= 15 is 0 Å². The van der Waals surface area contributed by atoms with Crippen LogP contribution in [0.15, 0.2) is 0 Å². The van der Waals surface area contributed by atoms with Gasteiger partial charge in [0, 0.05) is 31.2 Å². The molecule has 0 bridgehead atoms. The van der Waals surface area contributed by atoms with E-state index in [9.17, 15) is 0 Å². The minimum atomic E-state index is 0.943. The predicted octanol–water partition coefficient (Wildman–Crippen LogP) is -0.267. The van der Waals surface area contributed by atoms with Crippen molar-refractivity contribution in [2.75, 3.05) is 31.1 Å². The lowest BCUT2D eigenvalue weighted by Crippen LogP contribution is -2.27. The quantitative estimate of drug-likeness (QED) is 0.653. The highest BCUT2D eigenvalue weighted by molar-refractivity contribution is 7.09. The molecule has 2 heterocycles. The summed E-state index contributed by atoms with van der Waals surface area (Å²) in [6, 6.07) is 0. The van der Waals surface area contributed by atoms with Crippen LogP contribution in [0, 0.1) is 0 Å². The van der Waals surface area contributed by atoms with Crippen LogP contribution in [0.4, 0.5) is 5.13 Å². The highest BCUT2D eigenvalue weighted by Gasteiger charge is 2.11. The summed E-state index contributed by atoms with van der Waals surface area (Å²) in [5, 5.41) is 11.8. The minimum absolute atomic E-state index is 0.943. The van der Waals surface area contributed by atoms with Gasteiger partial charge in [0.2, 0.25) is 5.13 Å². The SMILES string of the molecule is C1CNCCN(c2nnns2)C1. The Labute approximate surface area is 74.9 Å². The Hall–Kier alpha value is -0.750. The van der Waals surface area contributed by atoms with E-state index in [4.69, 9.17) is 0 Å². The largest absolute Gasteiger partial charge is 0.344 e. The molecule has 0 spiro atoms. The van der Waals surface area contributed by atoms with Crippen molar-refractivity contribution in [3.63, 3.8) is 0 Å². The second-order valence-electron chi connectivity index (χ2n) is 2.74. The molecule has 0 unspecified atom stereocenters. The topological polar surface area (TPSA) is 53.9 Å². The van der Waals surface area contributed by atoms with E-state index in [0.717, 1.165) is 31.3 Å². The summed E-state index contributed by atoms with van der Waals surface area (Å²) < 4.78 is 3.75. The Kier molecular flexibility index (Phi) is 2.48. The Morgan fingerprint density at radius 2 is 2.33 bits per heavy atom. The molecule has 0 saturated carbocycles. The van der Waals surface area contributed by atoms with E-state index < -0.39 is 0 Å². The van der Waals surface area contributed by atoms with Crippen LogP contribution in [-0.4, -0.2) is 41.0 Å². The van der Waals surface area contributed by atoms with Gasteiger partial charge in [0.05, 0.1) is 0 Å². The third kappa shape index (κ3) is 1.70. The fraction of sp³-hybridized carbons (Fsp3) is 0.833. The summed E-state index contributed by atoms with van der Waals surface area (Å²) in [6.07, 6.45) is 1.17. The van der Waals surface area contributed by atoms with E-state index in [2.05, 4.69) is 25.0 Å². The number of aromatic nitrogens is 3. The van der Waals surface area contributed by atoms with E-state index in [0.29, 0.717) is 0 Å². The van der Waals surface area contributed by atoms with Gasteiger partial charge in [-0.2, -0.15) is 0 Å². The molecule has 1 N–H and O–H groups in total. The van der Waals surface area contributed by atoms with Crippen LogP contribution in [-0.2, 0) is 0 Å². The smallest absolute Gasteiger partial charge is 0.227 e. The van der Waals surface area contributed by atoms with Crippen LogP contribution in [0.3, 0.4) is 0 Å². The molecule has 1 fully saturated rings. The summed E-state index contributed by atoms with van der Waals surface area (Å²) >= 11 is 1.36. The lowest BCUT2D eigenvalue weighted by molar-refractivity contribution is 0.724. The van der Waals surface area contributed by atoms with Crippen molar-refractivity contribution in [3.8, 4) is 0 Å². The molecule has 1 aromatic rings. The van der Waals surface area contributed by atoms with Gasteiger partial charge in [0.25, 0.3) is 0 Å². The van der Waals surface area contributed by atoms with Crippen molar-refractivity contribution in [1.82, 2.24) is 20.1 Å². The maximum Gasteiger partial charge on any atom is 0.227 e. The van der Waals surface area contributed by atoms with Crippen molar-refractivity contribution in [3.05, 3.63) is 0 Å². The number of nitrogens with zero attached hydrogens (tertiary/aromatic N) is 4. The molecule has 1 aliphatic rings. The van der Waals surface area contributed by atoms with Crippen molar-refractivity contribution < 1.29 is 0 Å². The van der Waals surface area contributed by atoms with Crippen LogP contribution in [0.1, 0.15) is 6.42 Å². The first kappa shape index (κ1) is 7.88. The molecule has 6 heteroatoms. The molecule has 1 aliphatic heterocycles. The summed E-state index contributed by atoms with van der Waals surface area (Å²) in [4.78, 5) is 2.23. The third-order valence-corrected chi connectivity index (χ3v) is 2.56. The Morgan fingerprint density at radius 1 is 1.33 bits per heavy atom. The number of rotatable bonds is 1. The average Bonchev–Trinajstić information content (AvgIpc) is 2.48. The van der Waals surface area contributed by atoms with Gasteiger partial charge in [0.15, 0.2) is 0 Å². The van der Waals surface area contributed by atoms with Crippen LogP contribution in [0.25, 0.3) is 0 Å². The summed E-state index contributed by atoms with van der Waals surface area (Å²) in [5.41, 5.74) is 0. The van der Waals surface area contributed by atoms with Crippen molar-refractivity contribution in [1.29, 1.82) is 0 Å². The molecular formula is C6H11N5S. The molecule has 2 rings (SSSR count). The maximum atomic E-state index is 3.94. The molecule has 0 atom stereocenters. The van der Waals surface area contributed by atoms with Crippen molar-refractivity contribution >= 4 is 16.7 Å². The fourth-order valence-corrected chi connectivity index (χ4v) is 1.80. The predicted molar refractivity (Wildman–Crippen MR) is 47.4 cm³/mol. The maximum absolute atomic E-state index is 3.94. The van der Waals surface area contributed by atoms with Crippen LogP contribution < -0.4 is 10.2 Å². The molecular weight excluding hydrogens is 174 g/mol. The van der Waals surface area contributed by atoms with Gasteiger partial charge in [-0.1, -0.05) is 9.59 Å². The first-order valence-electron chi connectivity index (χ1n) is 4.07.